The molecule has 3 rings (SSSR count). The van der Waals surface area contributed by atoms with E-state index in [0.717, 1.165) is 64.1 Å². The van der Waals surface area contributed by atoms with Gasteiger partial charge < -0.3 is 10.1 Å². The molecule has 4 nitrogen and oxygen atoms in total. The molecule has 1 unspecified atom stereocenters. The molecule has 0 saturated carbocycles. The number of carbonyl (C=O) groups is 1. The predicted octanol–water partition coefficient (Wildman–Crippen LogP) is 3.50. The second-order valence-electron chi connectivity index (χ2n) is 6.71. The van der Waals surface area contributed by atoms with Gasteiger partial charge in [-0.15, -0.1) is 0 Å². The zero-order chi connectivity index (χ0) is 16.9. The fourth-order valence-corrected chi connectivity index (χ4v) is 3.93. The second-order valence-corrected chi connectivity index (χ2v) is 7.55. The summed E-state index contributed by atoms with van der Waals surface area (Å²) in [6.45, 7) is 4.04. The Bertz CT molecular complexity index is 576. The van der Waals surface area contributed by atoms with E-state index in [1.807, 2.05) is 12.1 Å². The van der Waals surface area contributed by atoms with E-state index < -0.39 is 0 Å². The molecule has 2 heterocycles. The Morgan fingerprint density at radius 1 is 1.25 bits per heavy atom. The molecule has 1 amide bonds. The number of nitrogens with zero attached hydrogens (tertiary/aromatic N) is 1. The quantitative estimate of drug-likeness (QED) is 0.881. The number of rotatable bonds is 4. The van der Waals surface area contributed by atoms with Crippen LogP contribution < -0.4 is 5.32 Å². The topological polar surface area (TPSA) is 41.6 Å². The normalized spacial score (nSPS) is 23.2. The molecule has 0 spiro atoms. The number of hydrogen-bond acceptors (Lipinski definition) is 3. The van der Waals surface area contributed by atoms with Gasteiger partial charge in [0.15, 0.2) is 0 Å². The van der Waals surface area contributed by atoms with Gasteiger partial charge in [-0.25, -0.2) is 0 Å². The number of piperidine rings is 1. The third-order valence-corrected chi connectivity index (χ3v) is 5.44. The zero-order valence-electron chi connectivity index (χ0n) is 13.8. The lowest BCUT2D eigenvalue weighted by Crippen LogP contribution is -2.47. The molecule has 0 aliphatic carbocycles. The summed E-state index contributed by atoms with van der Waals surface area (Å²) in [7, 11) is 0. The Morgan fingerprint density at radius 3 is 2.79 bits per heavy atom. The van der Waals surface area contributed by atoms with E-state index in [0.29, 0.717) is 10.0 Å². The van der Waals surface area contributed by atoms with E-state index >= 15 is 0 Å². The fourth-order valence-electron chi connectivity index (χ4n) is 3.46. The van der Waals surface area contributed by atoms with Crippen LogP contribution >= 0.6 is 23.2 Å². The summed E-state index contributed by atoms with van der Waals surface area (Å²) in [5, 5.41) is 4.54. The van der Waals surface area contributed by atoms with Crippen molar-refractivity contribution >= 4 is 29.1 Å². The Balaban J connectivity index is 1.54. The summed E-state index contributed by atoms with van der Waals surface area (Å²) in [4.78, 5) is 14.9. The number of benzene rings is 1. The van der Waals surface area contributed by atoms with Crippen LogP contribution in [0, 0.1) is 5.92 Å². The number of carbonyl (C=O) groups excluding carboxylic acids is 1. The van der Waals surface area contributed by atoms with Gasteiger partial charge >= 0.3 is 0 Å². The first-order chi connectivity index (χ1) is 11.6. The van der Waals surface area contributed by atoms with Crippen molar-refractivity contribution in [3.05, 3.63) is 33.8 Å². The summed E-state index contributed by atoms with van der Waals surface area (Å²) in [5.41, 5.74) is 1.06. The van der Waals surface area contributed by atoms with Crippen molar-refractivity contribution in [1.82, 2.24) is 10.2 Å². The van der Waals surface area contributed by atoms with Crippen LogP contribution in [0.3, 0.4) is 0 Å². The highest BCUT2D eigenvalue weighted by atomic mass is 35.5. The molecule has 1 atom stereocenters. The van der Waals surface area contributed by atoms with Gasteiger partial charge in [-0.3, -0.25) is 9.69 Å². The van der Waals surface area contributed by atoms with Gasteiger partial charge in [0, 0.05) is 42.4 Å². The molecular formula is C18H24Cl2N2O2. The van der Waals surface area contributed by atoms with Gasteiger partial charge in [0.25, 0.3) is 0 Å². The molecule has 6 heteroatoms. The molecule has 2 saturated heterocycles. The number of nitrogens with one attached hydrogen (secondary N) is 1. The minimum absolute atomic E-state index is 0.0627. The molecule has 24 heavy (non-hydrogen) atoms. The maximum Gasteiger partial charge on any atom is 0.224 e. The number of halogens is 2. The summed E-state index contributed by atoms with van der Waals surface area (Å²) in [6.07, 6.45) is 3.84. The molecule has 1 N–H and O–H groups in total. The van der Waals surface area contributed by atoms with Gasteiger partial charge in [0.05, 0.1) is 5.92 Å². The van der Waals surface area contributed by atoms with Crippen LogP contribution in [0.2, 0.25) is 10.0 Å². The Hall–Kier alpha value is -0.810. The molecule has 1 aromatic carbocycles. The van der Waals surface area contributed by atoms with Crippen molar-refractivity contribution in [2.75, 3.05) is 26.3 Å². The number of hydrogen-bond donors (Lipinski definition) is 1. The molecule has 0 radical (unpaired) electrons. The first-order valence-corrected chi connectivity index (χ1v) is 9.42. The monoisotopic (exact) mass is 370 g/mol. The maximum absolute atomic E-state index is 12.6. The van der Waals surface area contributed by atoms with Crippen molar-refractivity contribution < 1.29 is 9.53 Å². The molecular weight excluding hydrogens is 347 g/mol. The van der Waals surface area contributed by atoms with E-state index in [1.54, 1.807) is 6.07 Å². The third kappa shape index (κ3) is 4.85. The van der Waals surface area contributed by atoms with E-state index in [9.17, 15) is 4.79 Å². The van der Waals surface area contributed by atoms with Crippen molar-refractivity contribution in [2.45, 2.75) is 38.3 Å². The largest absolute Gasteiger partial charge is 0.381 e. The molecule has 2 aliphatic heterocycles. The minimum Gasteiger partial charge on any atom is -0.381 e. The molecule has 2 fully saturated rings. The molecule has 0 bridgehead atoms. The summed E-state index contributed by atoms with van der Waals surface area (Å²) in [5.74, 6) is 0.251. The lowest BCUT2D eigenvalue weighted by Gasteiger charge is -2.33. The number of likely N-dealkylation sites (tertiary alicyclic amines) is 1. The molecule has 132 valence electrons. The first-order valence-electron chi connectivity index (χ1n) is 8.66. The lowest BCUT2D eigenvalue weighted by atomic mass is 9.95. The van der Waals surface area contributed by atoms with Gasteiger partial charge in [0.2, 0.25) is 5.91 Å². The van der Waals surface area contributed by atoms with Crippen LogP contribution in [0.5, 0.6) is 0 Å². The summed E-state index contributed by atoms with van der Waals surface area (Å²) < 4.78 is 5.35. The lowest BCUT2D eigenvalue weighted by molar-refractivity contribution is -0.128. The minimum atomic E-state index is 0.0627. The van der Waals surface area contributed by atoms with Crippen LogP contribution in [0.15, 0.2) is 18.2 Å². The van der Waals surface area contributed by atoms with Crippen LogP contribution in [0.25, 0.3) is 0 Å². The van der Waals surface area contributed by atoms with Crippen molar-refractivity contribution in [2.24, 2.45) is 5.92 Å². The smallest absolute Gasteiger partial charge is 0.224 e. The van der Waals surface area contributed by atoms with Gasteiger partial charge in [-0.05, 0) is 49.9 Å². The van der Waals surface area contributed by atoms with Gasteiger partial charge in [-0.2, -0.15) is 0 Å². The van der Waals surface area contributed by atoms with E-state index in [2.05, 4.69) is 10.2 Å². The molecule has 1 aromatic rings. The average Bonchev–Trinajstić information content (AvgIpc) is 2.59. The van der Waals surface area contributed by atoms with E-state index in [1.165, 1.54) is 0 Å². The van der Waals surface area contributed by atoms with Crippen molar-refractivity contribution in [1.29, 1.82) is 0 Å². The zero-order valence-corrected chi connectivity index (χ0v) is 15.3. The van der Waals surface area contributed by atoms with E-state index in [-0.39, 0.29) is 17.9 Å². The molecule has 0 aromatic heterocycles. The van der Waals surface area contributed by atoms with Crippen LogP contribution in [0.4, 0.5) is 0 Å². The fraction of sp³-hybridized carbons (Fsp3) is 0.611. The Morgan fingerprint density at radius 2 is 2.04 bits per heavy atom. The van der Waals surface area contributed by atoms with Gasteiger partial charge in [0.1, 0.15) is 0 Å². The van der Waals surface area contributed by atoms with Crippen molar-refractivity contribution in [3.8, 4) is 0 Å². The molecule has 2 aliphatic rings. The maximum atomic E-state index is 12.6. The number of amides is 1. The SMILES string of the molecule is O=C(NC1CCOCC1)C1CCCN(Cc2ccc(Cl)cc2Cl)C1. The third-order valence-electron chi connectivity index (χ3n) is 4.85. The van der Waals surface area contributed by atoms with Crippen LogP contribution in [-0.2, 0) is 16.1 Å². The van der Waals surface area contributed by atoms with Crippen LogP contribution in [-0.4, -0.2) is 43.2 Å². The Labute approximate surface area is 153 Å². The second kappa shape index (κ2) is 8.52. The van der Waals surface area contributed by atoms with Crippen molar-refractivity contribution in [3.63, 3.8) is 0 Å². The summed E-state index contributed by atoms with van der Waals surface area (Å²) >= 11 is 12.2. The predicted molar refractivity (Wildman–Crippen MR) is 96.4 cm³/mol. The first kappa shape index (κ1) is 18.0. The highest BCUT2D eigenvalue weighted by Gasteiger charge is 2.28. The highest BCUT2D eigenvalue weighted by Crippen LogP contribution is 2.25. The summed E-state index contributed by atoms with van der Waals surface area (Å²) in [6, 6.07) is 5.88. The average molecular weight is 371 g/mol. The standard InChI is InChI=1S/C18H24Cl2N2O2/c19-15-4-3-13(17(20)10-15)11-22-7-1-2-14(12-22)18(23)21-16-5-8-24-9-6-16/h3-4,10,14,16H,1-2,5-9,11-12H2,(H,21,23). The number of ether oxygens (including phenoxy) is 1. The van der Waals surface area contributed by atoms with Crippen LogP contribution in [0.1, 0.15) is 31.2 Å². The Kier molecular flexibility index (Phi) is 6.39. The van der Waals surface area contributed by atoms with E-state index in [4.69, 9.17) is 27.9 Å². The van der Waals surface area contributed by atoms with Gasteiger partial charge in [-0.1, -0.05) is 29.3 Å². The highest BCUT2D eigenvalue weighted by molar-refractivity contribution is 6.35.